The molecule has 2 aromatic rings. The Morgan fingerprint density at radius 2 is 1.77 bits per heavy atom. The van der Waals surface area contributed by atoms with E-state index in [0.29, 0.717) is 5.69 Å². The average molecular weight is 362 g/mol. The lowest BCUT2D eigenvalue weighted by atomic mass is 10.1. The van der Waals surface area contributed by atoms with Gasteiger partial charge in [-0.05, 0) is 30.7 Å². The van der Waals surface area contributed by atoms with Crippen LogP contribution in [-0.4, -0.2) is 18.4 Å². The van der Waals surface area contributed by atoms with Crippen molar-refractivity contribution in [3.05, 3.63) is 59.7 Å². The van der Waals surface area contributed by atoms with Crippen molar-refractivity contribution in [3.63, 3.8) is 0 Å². The first-order valence-electron chi connectivity index (χ1n) is 8.10. The van der Waals surface area contributed by atoms with Crippen LogP contribution in [0.4, 0.5) is 24.5 Å². The first-order valence-corrected chi connectivity index (χ1v) is 8.10. The number of anilines is 2. The van der Waals surface area contributed by atoms with Crippen LogP contribution in [0.5, 0.6) is 0 Å². The van der Waals surface area contributed by atoms with Crippen molar-refractivity contribution in [3.8, 4) is 0 Å². The van der Waals surface area contributed by atoms with Crippen LogP contribution in [0.25, 0.3) is 0 Å². The highest BCUT2D eigenvalue weighted by Crippen LogP contribution is 2.35. The quantitative estimate of drug-likeness (QED) is 0.897. The van der Waals surface area contributed by atoms with E-state index >= 15 is 0 Å². The number of carbonyl (C=O) groups excluding carboxylic acids is 2. The number of rotatable bonds is 3. The van der Waals surface area contributed by atoms with E-state index < -0.39 is 23.6 Å². The van der Waals surface area contributed by atoms with Gasteiger partial charge in [-0.3, -0.25) is 9.59 Å². The smallest absolute Gasteiger partial charge is 0.325 e. The molecule has 136 valence electrons. The Balaban J connectivity index is 1.77. The fourth-order valence-electron chi connectivity index (χ4n) is 3.06. The number of para-hydroxylation sites is 2. The highest BCUT2D eigenvalue weighted by Gasteiger charge is 2.37. The van der Waals surface area contributed by atoms with E-state index in [1.807, 2.05) is 19.1 Å². The first kappa shape index (κ1) is 18.0. The first-order chi connectivity index (χ1) is 12.3. The molecule has 1 atom stereocenters. The Morgan fingerprint density at radius 1 is 1.12 bits per heavy atom. The van der Waals surface area contributed by atoms with Gasteiger partial charge < -0.3 is 10.2 Å². The number of nitrogens with one attached hydrogen (secondary N) is 1. The lowest BCUT2D eigenvalue weighted by Gasteiger charge is -2.19. The molecule has 0 spiro atoms. The van der Waals surface area contributed by atoms with E-state index in [-0.39, 0.29) is 24.6 Å². The molecule has 3 rings (SSSR count). The summed E-state index contributed by atoms with van der Waals surface area (Å²) in [6.45, 7) is 2.00. The van der Waals surface area contributed by atoms with E-state index in [9.17, 15) is 22.8 Å². The van der Waals surface area contributed by atoms with Gasteiger partial charge in [0.1, 0.15) is 0 Å². The predicted molar refractivity (Wildman–Crippen MR) is 91.7 cm³/mol. The molecule has 1 aliphatic rings. The maximum atomic E-state index is 13.1. The normalized spacial score (nSPS) is 17.5. The third-order valence-corrected chi connectivity index (χ3v) is 4.39. The van der Waals surface area contributed by atoms with Gasteiger partial charge >= 0.3 is 6.18 Å². The standard InChI is InChI=1S/C19H17F3N2O2/c1-12-6-2-5-9-16(12)24-11-13(10-17(24)25)18(26)23-15-8-4-3-7-14(15)19(20,21)22/h2-9,13H,10-11H2,1H3,(H,23,26)/t13-/m0/s1. The van der Waals surface area contributed by atoms with Crippen LogP contribution in [0.2, 0.25) is 0 Å². The maximum Gasteiger partial charge on any atom is 0.418 e. The summed E-state index contributed by atoms with van der Waals surface area (Å²) in [6.07, 6.45) is -4.60. The van der Waals surface area contributed by atoms with Crippen molar-refractivity contribution < 1.29 is 22.8 Å². The molecule has 1 N–H and O–H groups in total. The lowest BCUT2D eigenvalue weighted by molar-refractivity contribution is -0.137. The van der Waals surface area contributed by atoms with Gasteiger partial charge in [0, 0.05) is 18.7 Å². The Hall–Kier alpha value is -2.83. The fourth-order valence-corrected chi connectivity index (χ4v) is 3.06. The Labute approximate surface area is 148 Å². The number of aryl methyl sites for hydroxylation is 1. The summed E-state index contributed by atoms with van der Waals surface area (Å²) >= 11 is 0. The molecule has 0 aromatic heterocycles. The Morgan fingerprint density at radius 3 is 2.46 bits per heavy atom. The van der Waals surface area contributed by atoms with Crippen LogP contribution < -0.4 is 10.2 Å². The molecule has 2 aromatic carbocycles. The maximum absolute atomic E-state index is 13.1. The van der Waals surface area contributed by atoms with Crippen LogP contribution in [0.1, 0.15) is 17.5 Å². The minimum atomic E-state index is -4.57. The summed E-state index contributed by atoms with van der Waals surface area (Å²) in [7, 11) is 0. The number of carbonyl (C=O) groups is 2. The predicted octanol–water partition coefficient (Wildman–Crippen LogP) is 4.01. The van der Waals surface area contributed by atoms with Crippen molar-refractivity contribution in [2.75, 3.05) is 16.8 Å². The van der Waals surface area contributed by atoms with E-state index in [0.717, 1.165) is 11.6 Å². The van der Waals surface area contributed by atoms with E-state index in [2.05, 4.69) is 5.32 Å². The van der Waals surface area contributed by atoms with Crippen LogP contribution in [0.15, 0.2) is 48.5 Å². The summed E-state index contributed by atoms with van der Waals surface area (Å²) in [5.41, 5.74) is 0.396. The number of amides is 2. The molecule has 1 heterocycles. The Kier molecular flexibility index (Phi) is 4.71. The van der Waals surface area contributed by atoms with Crippen LogP contribution in [0, 0.1) is 12.8 Å². The third kappa shape index (κ3) is 3.56. The molecule has 4 nitrogen and oxygen atoms in total. The Bertz CT molecular complexity index is 849. The minimum Gasteiger partial charge on any atom is -0.325 e. The molecule has 2 amide bonds. The molecular formula is C19H17F3N2O2. The van der Waals surface area contributed by atoms with Crippen LogP contribution >= 0.6 is 0 Å². The molecule has 0 saturated carbocycles. The van der Waals surface area contributed by atoms with Crippen molar-refractivity contribution >= 4 is 23.2 Å². The molecule has 1 aliphatic heterocycles. The van der Waals surface area contributed by atoms with Gasteiger partial charge in [-0.15, -0.1) is 0 Å². The molecule has 0 aliphatic carbocycles. The zero-order valence-corrected chi connectivity index (χ0v) is 14.0. The summed E-state index contributed by atoms with van der Waals surface area (Å²) in [4.78, 5) is 26.2. The number of hydrogen-bond donors (Lipinski definition) is 1. The second-order valence-corrected chi connectivity index (χ2v) is 6.22. The van der Waals surface area contributed by atoms with Crippen LogP contribution in [-0.2, 0) is 15.8 Å². The van der Waals surface area contributed by atoms with Gasteiger partial charge in [0.15, 0.2) is 0 Å². The second kappa shape index (κ2) is 6.82. The van der Waals surface area contributed by atoms with E-state index in [4.69, 9.17) is 0 Å². The molecule has 0 unspecified atom stereocenters. The molecule has 26 heavy (non-hydrogen) atoms. The highest BCUT2D eigenvalue weighted by molar-refractivity contribution is 6.04. The lowest BCUT2D eigenvalue weighted by Crippen LogP contribution is -2.29. The number of hydrogen-bond acceptors (Lipinski definition) is 2. The molecule has 0 bridgehead atoms. The van der Waals surface area contributed by atoms with Gasteiger partial charge in [0.25, 0.3) is 0 Å². The van der Waals surface area contributed by atoms with E-state index in [1.54, 1.807) is 12.1 Å². The summed E-state index contributed by atoms with van der Waals surface area (Å²) in [5.74, 6) is -1.52. The zero-order valence-electron chi connectivity index (χ0n) is 14.0. The van der Waals surface area contributed by atoms with Crippen molar-refractivity contribution in [1.29, 1.82) is 0 Å². The largest absolute Gasteiger partial charge is 0.418 e. The van der Waals surface area contributed by atoms with Crippen molar-refractivity contribution in [1.82, 2.24) is 0 Å². The van der Waals surface area contributed by atoms with Crippen LogP contribution in [0.3, 0.4) is 0 Å². The number of alkyl halides is 3. The number of nitrogens with zero attached hydrogens (tertiary/aromatic N) is 1. The monoisotopic (exact) mass is 362 g/mol. The molecule has 7 heteroatoms. The number of benzene rings is 2. The summed E-state index contributed by atoms with van der Waals surface area (Å²) in [5, 5.41) is 2.33. The fraction of sp³-hybridized carbons (Fsp3) is 0.263. The molecular weight excluding hydrogens is 345 g/mol. The summed E-state index contributed by atoms with van der Waals surface area (Å²) < 4.78 is 39.2. The topological polar surface area (TPSA) is 49.4 Å². The second-order valence-electron chi connectivity index (χ2n) is 6.22. The molecule has 1 fully saturated rings. The van der Waals surface area contributed by atoms with Gasteiger partial charge in [-0.2, -0.15) is 13.2 Å². The number of halogens is 3. The summed E-state index contributed by atoms with van der Waals surface area (Å²) in [6, 6.07) is 12.1. The van der Waals surface area contributed by atoms with Gasteiger partial charge in [-0.1, -0.05) is 30.3 Å². The van der Waals surface area contributed by atoms with Gasteiger partial charge in [0.05, 0.1) is 17.2 Å². The van der Waals surface area contributed by atoms with Gasteiger partial charge in [0.2, 0.25) is 11.8 Å². The minimum absolute atomic E-state index is 0.0334. The average Bonchev–Trinajstić information content (AvgIpc) is 2.97. The molecule has 1 saturated heterocycles. The SMILES string of the molecule is Cc1ccccc1N1C[C@@H](C(=O)Nc2ccccc2C(F)(F)F)CC1=O. The van der Waals surface area contributed by atoms with Crippen molar-refractivity contribution in [2.24, 2.45) is 5.92 Å². The van der Waals surface area contributed by atoms with Gasteiger partial charge in [-0.25, -0.2) is 0 Å². The zero-order chi connectivity index (χ0) is 18.9. The third-order valence-electron chi connectivity index (χ3n) is 4.39. The highest BCUT2D eigenvalue weighted by atomic mass is 19.4. The van der Waals surface area contributed by atoms with E-state index in [1.165, 1.54) is 23.1 Å². The van der Waals surface area contributed by atoms with Crippen molar-refractivity contribution in [2.45, 2.75) is 19.5 Å². The molecule has 0 radical (unpaired) electrons.